The fourth-order valence-electron chi connectivity index (χ4n) is 4.96. The molecule has 2 aliphatic heterocycles. The van der Waals surface area contributed by atoms with Crippen LogP contribution in [0, 0.1) is 5.82 Å². The zero-order valence-electron chi connectivity index (χ0n) is 21.4. The number of carbonyl (C=O) groups is 1. The third-order valence-electron chi connectivity index (χ3n) is 6.63. The zero-order chi connectivity index (χ0) is 26.2. The van der Waals surface area contributed by atoms with E-state index in [2.05, 4.69) is 43.7 Å². The molecule has 1 aromatic heterocycles. The second-order valence-electron chi connectivity index (χ2n) is 9.71. The first kappa shape index (κ1) is 25.0. The molecule has 0 bridgehead atoms. The lowest BCUT2D eigenvalue weighted by Gasteiger charge is -2.42. The number of allylic oxidation sites excluding steroid dienone is 1. The molecule has 5 nitrogen and oxygen atoms in total. The lowest BCUT2D eigenvalue weighted by atomic mass is 9.88. The van der Waals surface area contributed by atoms with Crippen LogP contribution >= 0.6 is 11.8 Å². The minimum absolute atomic E-state index is 0.203. The fraction of sp³-hybridized carbons (Fsp3) is 0.233. The summed E-state index contributed by atoms with van der Waals surface area (Å²) in [6.07, 6.45) is 7.29. The Morgan fingerprint density at radius 2 is 1.92 bits per heavy atom. The lowest BCUT2D eigenvalue weighted by molar-refractivity contribution is -0.122. The van der Waals surface area contributed by atoms with Crippen LogP contribution in [0.3, 0.4) is 0 Å². The Kier molecular flexibility index (Phi) is 6.73. The first-order valence-electron chi connectivity index (χ1n) is 12.3. The minimum Gasteiger partial charge on any atom is -0.363 e. The van der Waals surface area contributed by atoms with Crippen molar-refractivity contribution in [2.45, 2.75) is 39.8 Å². The van der Waals surface area contributed by atoms with Crippen LogP contribution in [0.1, 0.15) is 44.4 Å². The summed E-state index contributed by atoms with van der Waals surface area (Å²) in [6, 6.07) is 16.7. The molecule has 3 aromatic rings. The number of nitrogens with zero attached hydrogens (tertiary/aromatic N) is 4. The number of anilines is 1. The van der Waals surface area contributed by atoms with Crippen molar-refractivity contribution < 1.29 is 9.18 Å². The molecule has 188 valence electrons. The molecule has 0 radical (unpaired) electrons. The van der Waals surface area contributed by atoms with Gasteiger partial charge in [-0.1, -0.05) is 30.3 Å². The molecule has 2 aromatic carbocycles. The zero-order valence-corrected chi connectivity index (χ0v) is 22.2. The number of amidine groups is 1. The predicted octanol–water partition coefficient (Wildman–Crippen LogP) is 7.05. The number of hydrogen-bond acceptors (Lipinski definition) is 5. The van der Waals surface area contributed by atoms with Crippen LogP contribution in [0.25, 0.3) is 11.6 Å². The highest BCUT2D eigenvalue weighted by Gasteiger charge is 2.35. The molecule has 5 rings (SSSR count). The van der Waals surface area contributed by atoms with Crippen LogP contribution in [0.4, 0.5) is 15.8 Å². The molecular formula is C30H29FN4OS. The van der Waals surface area contributed by atoms with Crippen LogP contribution < -0.4 is 4.90 Å². The van der Waals surface area contributed by atoms with Crippen molar-refractivity contribution in [2.75, 3.05) is 11.4 Å². The summed E-state index contributed by atoms with van der Waals surface area (Å²) in [6.45, 7) is 9.49. The van der Waals surface area contributed by atoms with Gasteiger partial charge in [0.2, 0.25) is 0 Å². The maximum Gasteiger partial charge on any atom is 0.267 e. The maximum absolute atomic E-state index is 15.5. The first-order valence-corrected chi connectivity index (χ1v) is 13.1. The Labute approximate surface area is 221 Å². The average Bonchev–Trinajstić information content (AvgIpc) is 3.15. The number of aromatic nitrogens is 1. The summed E-state index contributed by atoms with van der Waals surface area (Å²) in [5.41, 5.74) is 4.78. The van der Waals surface area contributed by atoms with Gasteiger partial charge in [-0.2, -0.15) is 0 Å². The minimum atomic E-state index is -0.351. The SMILES string of the molecule is CCN1c2cc(F)c(/C=C3/SC(=Nc4ccccc4)N(Cc4cccnc4)C3=O)cc2C(C)=CC1(C)C. The van der Waals surface area contributed by atoms with E-state index < -0.39 is 0 Å². The van der Waals surface area contributed by atoms with Gasteiger partial charge >= 0.3 is 0 Å². The molecule has 1 amide bonds. The van der Waals surface area contributed by atoms with Crippen LogP contribution in [-0.4, -0.2) is 33.0 Å². The van der Waals surface area contributed by atoms with Gasteiger partial charge in [-0.25, -0.2) is 9.38 Å². The van der Waals surface area contributed by atoms with Gasteiger partial charge in [-0.15, -0.1) is 0 Å². The van der Waals surface area contributed by atoms with Crippen LogP contribution in [0.15, 0.2) is 83.0 Å². The number of aliphatic imine (C=N–C) groups is 1. The van der Waals surface area contributed by atoms with E-state index in [-0.39, 0.29) is 17.3 Å². The maximum atomic E-state index is 15.5. The average molecular weight is 513 g/mol. The Balaban J connectivity index is 1.55. The topological polar surface area (TPSA) is 48.8 Å². The molecule has 0 aliphatic carbocycles. The molecule has 7 heteroatoms. The molecule has 1 fully saturated rings. The molecule has 0 N–H and O–H groups in total. The van der Waals surface area contributed by atoms with Gasteiger partial charge < -0.3 is 4.90 Å². The molecule has 0 spiro atoms. The van der Waals surface area contributed by atoms with E-state index in [1.807, 2.05) is 48.5 Å². The summed E-state index contributed by atoms with van der Waals surface area (Å²) in [4.78, 5) is 26.7. The van der Waals surface area contributed by atoms with E-state index >= 15 is 4.39 Å². The highest BCUT2D eigenvalue weighted by atomic mass is 32.2. The van der Waals surface area contributed by atoms with Crippen molar-refractivity contribution in [3.63, 3.8) is 0 Å². The van der Waals surface area contributed by atoms with E-state index in [0.717, 1.165) is 34.6 Å². The molecule has 0 atom stereocenters. The van der Waals surface area contributed by atoms with Crippen LogP contribution in [-0.2, 0) is 11.3 Å². The van der Waals surface area contributed by atoms with Gasteiger partial charge in [0.05, 0.1) is 22.7 Å². The van der Waals surface area contributed by atoms with Crippen molar-refractivity contribution in [3.05, 3.63) is 100 Å². The number of para-hydroxylation sites is 1. The van der Waals surface area contributed by atoms with Gasteiger partial charge in [-0.05, 0) is 87.0 Å². The highest BCUT2D eigenvalue weighted by molar-refractivity contribution is 8.18. The second-order valence-corrected chi connectivity index (χ2v) is 10.7. The standard InChI is InChI=1S/C30H29FN4OS/c1-5-35-26-16-25(31)22(14-24(26)20(2)17-30(35,3)4)15-27-28(36)34(19-21-10-9-13-32-18-21)29(37-27)33-23-11-7-6-8-12-23/h6-18H,5,19H2,1-4H3/b27-15+,33-29?. The number of pyridine rings is 1. The van der Waals surface area contributed by atoms with E-state index in [0.29, 0.717) is 22.2 Å². The first-order chi connectivity index (χ1) is 17.8. The van der Waals surface area contributed by atoms with Crippen molar-refractivity contribution in [3.8, 4) is 0 Å². The number of fused-ring (bicyclic) bond motifs is 1. The summed E-state index contributed by atoms with van der Waals surface area (Å²) in [5, 5.41) is 0.555. The van der Waals surface area contributed by atoms with Crippen molar-refractivity contribution in [1.82, 2.24) is 9.88 Å². The predicted molar refractivity (Wildman–Crippen MR) is 151 cm³/mol. The van der Waals surface area contributed by atoms with E-state index in [1.54, 1.807) is 29.4 Å². The van der Waals surface area contributed by atoms with Gasteiger partial charge in [0.25, 0.3) is 5.91 Å². The fourth-order valence-corrected chi connectivity index (χ4v) is 5.95. The Hall–Kier alpha value is -3.71. The number of amides is 1. The van der Waals surface area contributed by atoms with E-state index in [4.69, 9.17) is 4.99 Å². The number of halogens is 1. The number of rotatable bonds is 5. The number of likely N-dealkylation sites (N-methyl/N-ethyl adjacent to an activating group) is 1. The largest absolute Gasteiger partial charge is 0.363 e. The Morgan fingerprint density at radius 1 is 1.14 bits per heavy atom. The second kappa shape index (κ2) is 9.98. The third-order valence-corrected chi connectivity index (χ3v) is 7.64. The Morgan fingerprint density at radius 3 is 2.62 bits per heavy atom. The van der Waals surface area contributed by atoms with E-state index in [9.17, 15) is 4.79 Å². The molecular weight excluding hydrogens is 483 g/mol. The van der Waals surface area contributed by atoms with Crippen molar-refractivity contribution in [1.29, 1.82) is 0 Å². The normalized spacial score (nSPS) is 18.9. The van der Waals surface area contributed by atoms with Gasteiger partial charge in [0, 0.05) is 35.8 Å². The van der Waals surface area contributed by atoms with Gasteiger partial charge in [-0.3, -0.25) is 14.7 Å². The molecule has 3 heterocycles. The van der Waals surface area contributed by atoms with Crippen molar-refractivity contribution in [2.24, 2.45) is 4.99 Å². The summed E-state index contributed by atoms with van der Waals surface area (Å²) in [7, 11) is 0. The third kappa shape index (κ3) is 4.96. The Bertz CT molecular complexity index is 1430. The van der Waals surface area contributed by atoms with Crippen molar-refractivity contribution >= 4 is 45.9 Å². The number of thioether (sulfide) groups is 1. The molecule has 0 saturated carbocycles. The van der Waals surface area contributed by atoms with Gasteiger partial charge in [0.1, 0.15) is 5.82 Å². The van der Waals surface area contributed by atoms with Crippen LogP contribution in [0.2, 0.25) is 0 Å². The molecule has 1 saturated heterocycles. The number of hydrogen-bond donors (Lipinski definition) is 0. The molecule has 0 unspecified atom stereocenters. The highest BCUT2D eigenvalue weighted by Crippen LogP contribution is 2.41. The lowest BCUT2D eigenvalue weighted by Crippen LogP contribution is -2.45. The monoisotopic (exact) mass is 512 g/mol. The van der Waals surface area contributed by atoms with Gasteiger partial charge in [0.15, 0.2) is 5.17 Å². The summed E-state index contributed by atoms with van der Waals surface area (Å²) < 4.78 is 15.5. The number of benzene rings is 2. The molecule has 2 aliphatic rings. The quantitative estimate of drug-likeness (QED) is 0.344. The summed E-state index contributed by atoms with van der Waals surface area (Å²) >= 11 is 1.26. The number of carbonyl (C=O) groups excluding carboxylic acids is 1. The molecule has 37 heavy (non-hydrogen) atoms. The van der Waals surface area contributed by atoms with Crippen LogP contribution in [0.5, 0.6) is 0 Å². The van der Waals surface area contributed by atoms with E-state index in [1.165, 1.54) is 11.8 Å². The smallest absolute Gasteiger partial charge is 0.267 e. The summed E-state index contributed by atoms with van der Waals surface area (Å²) in [5.74, 6) is -0.555.